The summed E-state index contributed by atoms with van der Waals surface area (Å²) in [5.41, 5.74) is 6.98. The molecule has 21 heavy (non-hydrogen) atoms. The highest BCUT2D eigenvalue weighted by Gasteiger charge is 2.42. The van der Waals surface area contributed by atoms with E-state index in [1.54, 1.807) is 6.07 Å². The molecule has 1 heterocycles. The van der Waals surface area contributed by atoms with Crippen molar-refractivity contribution in [3.8, 4) is 0 Å². The number of fused-ring (bicyclic) bond motifs is 1. The minimum Gasteiger partial charge on any atom is -0.480 e. The zero-order valence-electron chi connectivity index (χ0n) is 12.7. The lowest BCUT2D eigenvalue weighted by atomic mass is 9.85. The van der Waals surface area contributed by atoms with Crippen LogP contribution in [0.1, 0.15) is 32.8 Å². The Labute approximate surface area is 124 Å². The third kappa shape index (κ3) is 2.93. The van der Waals surface area contributed by atoms with Gasteiger partial charge in [-0.05, 0) is 29.9 Å². The topological polar surface area (TPSA) is 83.6 Å². The summed E-state index contributed by atoms with van der Waals surface area (Å²) in [6.45, 7) is 5.45. The van der Waals surface area contributed by atoms with Crippen LogP contribution in [0.4, 0.5) is 5.69 Å². The Bertz CT molecular complexity index is 563. The molecule has 1 aromatic rings. The minimum absolute atomic E-state index is 0.317. The largest absolute Gasteiger partial charge is 0.480 e. The number of nitrogens with two attached hydrogens (primary N) is 1. The van der Waals surface area contributed by atoms with Crippen molar-refractivity contribution in [1.29, 1.82) is 0 Å². The number of hydrogen-bond acceptors (Lipinski definition) is 3. The van der Waals surface area contributed by atoms with Gasteiger partial charge in [-0.15, -0.1) is 0 Å². The predicted molar refractivity (Wildman–Crippen MR) is 81.1 cm³/mol. The first-order valence-electron chi connectivity index (χ1n) is 7.13. The molecule has 5 heteroatoms. The zero-order chi connectivity index (χ0) is 15.8. The average Bonchev–Trinajstić information content (AvgIpc) is 2.50. The van der Waals surface area contributed by atoms with Gasteiger partial charge < -0.3 is 10.8 Å². The van der Waals surface area contributed by atoms with Gasteiger partial charge in [0.05, 0.1) is 6.04 Å². The standard InChI is InChI=1S/C16H22N2O3/c1-16(2,3)13(15(20)21)18-12-7-5-4-6-10(12)8-9-11(17)14(18)19/h4-7,11,13H,8-9,17H2,1-3H3,(H,20,21)/t11-,13-/m0/s1. The van der Waals surface area contributed by atoms with Gasteiger partial charge >= 0.3 is 5.97 Å². The van der Waals surface area contributed by atoms with Crippen LogP contribution in [0.2, 0.25) is 0 Å². The molecule has 5 nitrogen and oxygen atoms in total. The van der Waals surface area contributed by atoms with Crippen LogP contribution in [-0.4, -0.2) is 29.1 Å². The fourth-order valence-corrected chi connectivity index (χ4v) is 2.82. The number of carbonyl (C=O) groups excluding carboxylic acids is 1. The molecule has 0 unspecified atom stereocenters. The van der Waals surface area contributed by atoms with Crippen LogP contribution in [0.5, 0.6) is 0 Å². The number of hydrogen-bond donors (Lipinski definition) is 2. The van der Waals surface area contributed by atoms with Crippen LogP contribution >= 0.6 is 0 Å². The molecule has 114 valence electrons. The number of aryl methyl sites for hydroxylation is 1. The molecule has 0 saturated heterocycles. The van der Waals surface area contributed by atoms with Gasteiger partial charge in [-0.1, -0.05) is 39.0 Å². The van der Waals surface area contributed by atoms with E-state index in [9.17, 15) is 14.7 Å². The Morgan fingerprint density at radius 1 is 1.38 bits per heavy atom. The van der Waals surface area contributed by atoms with E-state index in [0.29, 0.717) is 18.5 Å². The molecule has 0 fully saturated rings. The monoisotopic (exact) mass is 290 g/mol. The number of carboxylic acids is 1. The Hall–Kier alpha value is -1.88. The van der Waals surface area contributed by atoms with Crippen molar-refractivity contribution in [2.24, 2.45) is 11.1 Å². The van der Waals surface area contributed by atoms with Crippen molar-refractivity contribution in [3.63, 3.8) is 0 Å². The van der Waals surface area contributed by atoms with Crippen molar-refractivity contribution in [3.05, 3.63) is 29.8 Å². The Morgan fingerprint density at radius 2 is 2.00 bits per heavy atom. The van der Waals surface area contributed by atoms with E-state index in [0.717, 1.165) is 5.56 Å². The van der Waals surface area contributed by atoms with Crippen LogP contribution in [0.25, 0.3) is 0 Å². The van der Waals surface area contributed by atoms with Crippen LogP contribution < -0.4 is 10.6 Å². The molecule has 1 amide bonds. The van der Waals surface area contributed by atoms with Gasteiger partial charge in [0.15, 0.2) is 0 Å². The molecular weight excluding hydrogens is 268 g/mol. The number of amides is 1. The molecule has 1 aliphatic rings. The smallest absolute Gasteiger partial charge is 0.327 e. The molecule has 0 bridgehead atoms. The van der Waals surface area contributed by atoms with Crippen molar-refractivity contribution < 1.29 is 14.7 Å². The second kappa shape index (κ2) is 5.48. The van der Waals surface area contributed by atoms with E-state index in [1.807, 2.05) is 39.0 Å². The molecule has 0 aromatic heterocycles. The molecule has 1 aromatic carbocycles. The summed E-state index contributed by atoms with van der Waals surface area (Å²) < 4.78 is 0. The van der Waals surface area contributed by atoms with E-state index >= 15 is 0 Å². The maximum atomic E-state index is 12.6. The quantitative estimate of drug-likeness (QED) is 0.870. The maximum Gasteiger partial charge on any atom is 0.327 e. The summed E-state index contributed by atoms with van der Waals surface area (Å²) in [6, 6.07) is 5.82. The van der Waals surface area contributed by atoms with E-state index < -0.39 is 23.5 Å². The van der Waals surface area contributed by atoms with Gasteiger partial charge in [0, 0.05) is 5.69 Å². The molecule has 0 aliphatic carbocycles. The Morgan fingerprint density at radius 3 is 2.57 bits per heavy atom. The predicted octanol–water partition coefficient (Wildman–Crippen LogP) is 1.79. The van der Waals surface area contributed by atoms with Gasteiger partial charge in [0.1, 0.15) is 6.04 Å². The highest BCUT2D eigenvalue weighted by atomic mass is 16.4. The van der Waals surface area contributed by atoms with Crippen molar-refractivity contribution in [1.82, 2.24) is 0 Å². The van der Waals surface area contributed by atoms with Gasteiger partial charge in [0.25, 0.3) is 0 Å². The molecule has 3 N–H and O–H groups in total. The fraction of sp³-hybridized carbons (Fsp3) is 0.500. The van der Waals surface area contributed by atoms with Crippen molar-refractivity contribution in [2.45, 2.75) is 45.7 Å². The zero-order valence-corrected chi connectivity index (χ0v) is 12.7. The number of aliphatic carboxylic acids is 1. The number of carboxylic acid groups (broad SMARTS) is 1. The summed E-state index contributed by atoms with van der Waals surface area (Å²) in [4.78, 5) is 25.8. The number of carbonyl (C=O) groups is 2. The lowest BCUT2D eigenvalue weighted by Gasteiger charge is -2.38. The first-order chi connectivity index (χ1) is 9.73. The van der Waals surface area contributed by atoms with E-state index in [2.05, 4.69) is 0 Å². The molecule has 1 aliphatic heterocycles. The molecule has 0 saturated carbocycles. The summed E-state index contributed by atoms with van der Waals surface area (Å²) in [5, 5.41) is 9.65. The third-order valence-electron chi connectivity index (χ3n) is 3.84. The van der Waals surface area contributed by atoms with Gasteiger partial charge in [-0.2, -0.15) is 0 Å². The number of benzene rings is 1. The van der Waals surface area contributed by atoms with Crippen molar-refractivity contribution in [2.75, 3.05) is 4.90 Å². The number of nitrogens with zero attached hydrogens (tertiary/aromatic N) is 1. The number of anilines is 1. The first kappa shape index (κ1) is 15.5. The SMILES string of the molecule is CC(C)(C)[C@H](C(=O)O)N1C(=O)[C@@H](N)CCc2ccccc21. The second-order valence-electron chi connectivity index (χ2n) is 6.59. The number of para-hydroxylation sites is 1. The van der Waals surface area contributed by atoms with Gasteiger partial charge in [-0.25, -0.2) is 4.79 Å². The van der Waals surface area contributed by atoms with Gasteiger partial charge in [-0.3, -0.25) is 9.69 Å². The first-order valence-corrected chi connectivity index (χ1v) is 7.13. The maximum absolute atomic E-state index is 12.6. The Kier molecular flexibility index (Phi) is 4.05. The summed E-state index contributed by atoms with van der Waals surface area (Å²) >= 11 is 0. The van der Waals surface area contributed by atoms with Crippen LogP contribution in [0, 0.1) is 5.41 Å². The van der Waals surface area contributed by atoms with Gasteiger partial charge in [0.2, 0.25) is 5.91 Å². The van der Waals surface area contributed by atoms with Crippen molar-refractivity contribution >= 4 is 17.6 Å². The van der Waals surface area contributed by atoms with Crippen LogP contribution in [0.3, 0.4) is 0 Å². The fourth-order valence-electron chi connectivity index (χ4n) is 2.82. The summed E-state index contributed by atoms with van der Waals surface area (Å²) in [5.74, 6) is -1.33. The van der Waals surface area contributed by atoms with Crippen LogP contribution in [0.15, 0.2) is 24.3 Å². The molecule has 0 spiro atoms. The highest BCUT2D eigenvalue weighted by Crippen LogP contribution is 2.34. The van der Waals surface area contributed by atoms with Crippen LogP contribution in [-0.2, 0) is 16.0 Å². The normalized spacial score (nSPS) is 20.7. The molecule has 2 atom stereocenters. The average molecular weight is 290 g/mol. The molecule has 0 radical (unpaired) electrons. The lowest BCUT2D eigenvalue weighted by Crippen LogP contribution is -2.56. The molecule has 2 rings (SSSR count). The Balaban J connectivity index is 2.61. The molecular formula is C16H22N2O3. The van der Waals surface area contributed by atoms with E-state index in [1.165, 1.54) is 4.90 Å². The summed E-state index contributed by atoms with van der Waals surface area (Å²) in [6.07, 6.45) is 1.21. The summed E-state index contributed by atoms with van der Waals surface area (Å²) in [7, 11) is 0. The second-order valence-corrected chi connectivity index (χ2v) is 6.59. The van der Waals surface area contributed by atoms with E-state index in [-0.39, 0.29) is 5.91 Å². The highest BCUT2D eigenvalue weighted by molar-refractivity contribution is 6.03. The minimum atomic E-state index is -1.01. The number of rotatable bonds is 2. The third-order valence-corrected chi connectivity index (χ3v) is 3.84. The lowest BCUT2D eigenvalue weighted by molar-refractivity contribution is -0.143. The van der Waals surface area contributed by atoms with E-state index in [4.69, 9.17) is 5.73 Å².